The molecular formula is C97H144N6O22S6. The average molecular weight is 1940 g/mol. The topological polar surface area (TPSA) is 411 Å². The van der Waals surface area contributed by atoms with Crippen molar-refractivity contribution >= 4 is 148 Å². The van der Waals surface area contributed by atoms with E-state index in [-0.39, 0.29) is 62.0 Å². The summed E-state index contributed by atoms with van der Waals surface area (Å²) in [5.74, 6) is -2.95. The summed E-state index contributed by atoms with van der Waals surface area (Å²) in [6.07, 6.45) is 21.0. The van der Waals surface area contributed by atoms with E-state index < -0.39 is 101 Å². The fourth-order valence-corrected chi connectivity index (χ4v) is 24.3. The molecule has 5 N–H and O–H groups in total. The van der Waals surface area contributed by atoms with Crippen LogP contribution in [0.25, 0.3) is 24.3 Å². The molecule has 34 heteroatoms. The van der Waals surface area contributed by atoms with Gasteiger partial charge in [0.2, 0.25) is 60.1 Å². The molecule has 131 heavy (non-hydrogen) atoms. The van der Waals surface area contributed by atoms with Gasteiger partial charge in [0.1, 0.15) is 5.78 Å². The van der Waals surface area contributed by atoms with Crippen LogP contribution < -0.4 is 25.8 Å². The molecule has 730 valence electrons. The fourth-order valence-electron chi connectivity index (χ4n) is 16.4. The van der Waals surface area contributed by atoms with E-state index in [2.05, 4.69) is 0 Å². The van der Waals surface area contributed by atoms with Crippen molar-refractivity contribution in [1.82, 2.24) is 0 Å². The zero-order valence-electron chi connectivity index (χ0n) is 81.1. The summed E-state index contributed by atoms with van der Waals surface area (Å²) in [5, 5.41) is 44.5. The first-order valence-electron chi connectivity index (χ1n) is 44.4. The average Bonchev–Trinajstić information content (AvgIpc) is 0.744. The highest BCUT2D eigenvalue weighted by Crippen LogP contribution is 2.46. The van der Waals surface area contributed by atoms with Crippen LogP contribution in [0.1, 0.15) is 242 Å². The molecule has 6 aliphatic heterocycles. The minimum absolute atomic E-state index is 0.00403. The quantitative estimate of drug-likeness (QED) is 0.0376. The number of carboxylic acids is 4. The maximum atomic E-state index is 12.3. The second-order valence-electron chi connectivity index (χ2n) is 32.6. The highest BCUT2D eigenvalue weighted by molar-refractivity contribution is 7.93. The SMILES string of the molecule is CC.CC.CC.CC.CC.CC(=O)CCC1=Cc2ccccc2N(S(C)(=O)=O)C1(C)C.CC1(C)C(CCC(=O)O)=Cc2ccccc2N1S(C)(=O)=O.CC1(C)C(CO)=Cc2ccccc2N1S(C)(=O)=O.CS(=O)(=O)N1C[C@H](CCCC(=O)O)Cc2ccccc21.C[C@@H]1C(CCC(=O)O)=Cc2ccccc2N1S(C)(=O)=O.C[C@@H]1[C@H](CCCC(=O)O)Cc2ccccc2N1S(C)(=O)=O. The maximum Gasteiger partial charge on any atom is 0.303 e. The summed E-state index contributed by atoms with van der Waals surface area (Å²) in [7, 11) is -20.3. The van der Waals surface area contributed by atoms with Gasteiger partial charge in [-0.05, 0) is 230 Å². The van der Waals surface area contributed by atoms with Crippen molar-refractivity contribution in [1.29, 1.82) is 0 Å². The smallest absolute Gasteiger partial charge is 0.303 e. The number of sulfonamides is 6. The predicted octanol–water partition coefficient (Wildman–Crippen LogP) is 18.5. The lowest BCUT2D eigenvalue weighted by atomic mass is 9.84. The number of anilines is 6. The Morgan fingerprint density at radius 2 is 0.672 bits per heavy atom. The first-order chi connectivity index (χ1) is 61.0. The van der Waals surface area contributed by atoms with Crippen LogP contribution in [-0.2, 0) is 97.0 Å². The zero-order valence-corrected chi connectivity index (χ0v) is 86.0. The zero-order chi connectivity index (χ0) is 101. The molecule has 0 fully saturated rings. The highest BCUT2D eigenvalue weighted by atomic mass is 32.2. The van der Waals surface area contributed by atoms with Gasteiger partial charge in [-0.2, -0.15) is 0 Å². The van der Waals surface area contributed by atoms with Crippen molar-refractivity contribution in [2.24, 2.45) is 11.8 Å². The predicted molar refractivity (Wildman–Crippen MR) is 535 cm³/mol. The molecule has 6 aromatic rings. The van der Waals surface area contributed by atoms with E-state index in [4.69, 9.17) is 20.4 Å². The lowest BCUT2D eigenvalue weighted by Gasteiger charge is -2.44. The summed E-state index contributed by atoms with van der Waals surface area (Å²) in [6, 6.07) is 43.7. The molecule has 6 aliphatic rings. The number of benzene rings is 6. The van der Waals surface area contributed by atoms with Crippen LogP contribution in [0.3, 0.4) is 0 Å². The van der Waals surface area contributed by atoms with Gasteiger partial charge in [-0.1, -0.05) is 197 Å². The van der Waals surface area contributed by atoms with Gasteiger partial charge in [0, 0.05) is 44.7 Å². The largest absolute Gasteiger partial charge is 0.481 e. The normalized spacial score (nSPS) is 17.4. The summed E-state index contributed by atoms with van der Waals surface area (Å²) >= 11 is 0. The number of ketones is 1. The number of para-hydroxylation sites is 6. The van der Waals surface area contributed by atoms with Gasteiger partial charge in [-0.25, -0.2) is 50.5 Å². The Balaban J connectivity index is 0.000000522. The lowest BCUT2D eigenvalue weighted by molar-refractivity contribution is -0.138. The van der Waals surface area contributed by atoms with E-state index in [0.717, 1.165) is 80.7 Å². The molecular weight excluding hydrogens is 1790 g/mol. The standard InChI is InChI=1S/C16H21NO3S.C15H19NO4S.C15H21NO4S.C14H17NO4S.C14H19NO4S.C13H17NO3S.5C2H6/c1-12(18)9-10-14-11-13-7-5-6-8-15(13)17(16(14,2)3)21(4,19)20;1-15(2)12(8-9-14(17)18)10-11-6-4-5-7-13(11)16(15)21(3,19)20;1-11-12(7-5-9-15(17)18)10-13-6-3-4-8-14(13)16(11)21(2,19)20;1-10-11(7-8-14(16)17)9-12-5-3-4-6-13(12)15(10)20(2,18)19;1-20(18,19)15-10-11(5-4-8-14(16)17)9-12-6-2-3-7-13(12)15;1-13(2)11(9-15)8-10-6-4-5-7-12(10)14(13)18(3,16)17;5*1-2/h5-8,11H,9-10H2,1-4H3;4-7,10H,8-9H2,1-3H3,(H,17,18);3-4,6,8,11-12H,5,7,9-10H2,1-2H3,(H,17,18);3-6,9-10H,7-8H2,1-2H3,(H,16,17);2-3,6-7,11H,4-5,8-10H2,1H3,(H,16,17);4-8,15H,9H2,1-3H3;5*1-2H3/t;;11-,12-;10-;11-;;;;;;/m..111....../s1. The third-order valence-corrected chi connectivity index (χ3v) is 29.5. The molecule has 12 rings (SSSR count). The Hall–Kier alpha value is -9.71. The third-order valence-electron chi connectivity index (χ3n) is 21.9. The number of carbonyl (C=O) groups excluding carboxylic acids is 1. The molecule has 28 nitrogen and oxygen atoms in total. The summed E-state index contributed by atoms with van der Waals surface area (Å²) < 4.78 is 154. The number of hydrogen-bond donors (Lipinski definition) is 5. The molecule has 0 aromatic heterocycles. The van der Waals surface area contributed by atoms with Crippen molar-refractivity contribution in [3.8, 4) is 0 Å². The Morgan fingerprint density at radius 1 is 0.359 bits per heavy atom. The van der Waals surface area contributed by atoms with E-state index >= 15 is 0 Å². The Labute approximate surface area is 782 Å². The fraction of sp³-hybridized carbons (Fsp3) is 0.495. The number of fused-ring (bicyclic) bond motifs is 6. The number of hydrogen-bond acceptors (Lipinski definition) is 18. The van der Waals surface area contributed by atoms with Crippen molar-refractivity contribution in [2.45, 2.75) is 250 Å². The van der Waals surface area contributed by atoms with E-state index in [9.17, 15) is 79.6 Å². The van der Waals surface area contributed by atoms with Gasteiger partial charge in [0.15, 0.2) is 0 Å². The monoisotopic (exact) mass is 1940 g/mol. The van der Waals surface area contributed by atoms with E-state index in [1.807, 2.05) is 230 Å². The molecule has 6 aromatic carbocycles. The molecule has 6 heterocycles. The number of aliphatic carboxylic acids is 4. The molecule has 0 saturated carbocycles. The van der Waals surface area contributed by atoms with Crippen molar-refractivity contribution in [3.05, 3.63) is 201 Å². The molecule has 0 unspecified atom stereocenters. The number of carbonyl (C=O) groups is 5. The number of aliphatic hydroxyl groups excluding tert-OH is 1. The number of rotatable bonds is 24. The van der Waals surface area contributed by atoms with Crippen molar-refractivity contribution in [3.63, 3.8) is 0 Å². The van der Waals surface area contributed by atoms with E-state index in [1.54, 1.807) is 71.9 Å². The minimum atomic E-state index is -3.47. The molecule has 0 amide bonds. The third kappa shape index (κ3) is 33.2. The first-order valence-corrected chi connectivity index (χ1v) is 55.4. The van der Waals surface area contributed by atoms with Crippen LogP contribution in [0, 0.1) is 11.8 Å². The number of aliphatic hydroxyl groups is 1. The number of nitrogens with zero attached hydrogens (tertiary/aromatic N) is 6. The van der Waals surface area contributed by atoms with Crippen LogP contribution in [0.4, 0.5) is 34.1 Å². The first kappa shape index (κ1) is 117. The van der Waals surface area contributed by atoms with Gasteiger partial charge in [0.25, 0.3) is 0 Å². The van der Waals surface area contributed by atoms with Crippen molar-refractivity contribution < 1.29 is 100 Å². The van der Waals surface area contributed by atoms with Gasteiger partial charge in [-0.15, -0.1) is 0 Å². The molecule has 0 aliphatic carbocycles. The van der Waals surface area contributed by atoms with Crippen LogP contribution in [0.15, 0.2) is 168 Å². The Kier molecular flexibility index (Phi) is 46.7. The summed E-state index contributed by atoms with van der Waals surface area (Å²) in [4.78, 5) is 54.0. The highest BCUT2D eigenvalue weighted by Gasteiger charge is 2.45. The molecule has 0 radical (unpaired) electrons. The number of carboxylic acid groups (broad SMARTS) is 4. The van der Waals surface area contributed by atoms with Crippen LogP contribution in [-0.4, -0.2) is 185 Å². The minimum Gasteiger partial charge on any atom is -0.481 e. The molecule has 0 bridgehead atoms. The summed E-state index contributed by atoms with van der Waals surface area (Å²) in [6.45, 7) is 36.5. The van der Waals surface area contributed by atoms with E-state index in [0.29, 0.717) is 79.8 Å². The molecule has 0 saturated heterocycles. The van der Waals surface area contributed by atoms with Gasteiger partial charge >= 0.3 is 23.9 Å². The Morgan fingerprint density at radius 3 is 1.03 bits per heavy atom. The van der Waals surface area contributed by atoms with Gasteiger partial charge < -0.3 is 30.3 Å². The molecule has 4 atom stereocenters. The lowest BCUT2D eigenvalue weighted by Crippen LogP contribution is -2.51. The van der Waals surface area contributed by atoms with Crippen LogP contribution in [0.2, 0.25) is 0 Å². The van der Waals surface area contributed by atoms with Gasteiger partial charge in [0.05, 0.1) is 101 Å². The van der Waals surface area contributed by atoms with Crippen LogP contribution >= 0.6 is 0 Å². The Bertz CT molecular complexity index is 5570. The summed E-state index contributed by atoms with van der Waals surface area (Å²) in [5.41, 5.74) is 10.5. The maximum absolute atomic E-state index is 12.3. The second kappa shape index (κ2) is 52.1. The number of Topliss-reactive ketones (excluding diaryl/α,β-unsaturated/α-hetero) is 1. The van der Waals surface area contributed by atoms with Crippen LogP contribution in [0.5, 0.6) is 0 Å². The second-order valence-corrected chi connectivity index (χ2v) is 43.7. The van der Waals surface area contributed by atoms with Crippen molar-refractivity contribution in [2.75, 3.05) is 76.5 Å². The van der Waals surface area contributed by atoms with E-state index in [1.165, 1.54) is 63.4 Å². The molecule has 0 spiro atoms. The van der Waals surface area contributed by atoms with Gasteiger partial charge in [-0.3, -0.25) is 45.0 Å².